The summed E-state index contributed by atoms with van der Waals surface area (Å²) in [6.07, 6.45) is 1.84. The molecule has 0 unspecified atom stereocenters. The van der Waals surface area contributed by atoms with Gasteiger partial charge in [-0.05, 0) is 25.7 Å². The van der Waals surface area contributed by atoms with Crippen LogP contribution < -0.4 is 10.6 Å². The molecule has 1 aromatic carbocycles. The lowest BCUT2D eigenvalue weighted by Gasteiger charge is -2.20. The predicted molar refractivity (Wildman–Crippen MR) is 97.6 cm³/mol. The van der Waals surface area contributed by atoms with Gasteiger partial charge in [0.05, 0.1) is 5.69 Å². The van der Waals surface area contributed by atoms with Gasteiger partial charge in [0.2, 0.25) is 5.91 Å². The molecule has 7 nitrogen and oxygen atoms in total. The Morgan fingerprint density at radius 1 is 1.35 bits per heavy atom. The molecule has 26 heavy (non-hydrogen) atoms. The molecule has 2 heterocycles. The van der Waals surface area contributed by atoms with E-state index in [1.807, 2.05) is 35.7 Å². The molecule has 1 saturated heterocycles. The molecule has 0 radical (unpaired) electrons. The van der Waals surface area contributed by atoms with Gasteiger partial charge in [-0.3, -0.25) is 14.5 Å². The first kappa shape index (κ1) is 16.7. The Kier molecular flexibility index (Phi) is 3.99. The highest BCUT2D eigenvalue weighted by atomic mass is 32.1. The van der Waals surface area contributed by atoms with Crippen LogP contribution in [0.4, 0.5) is 9.93 Å². The van der Waals surface area contributed by atoms with Crippen LogP contribution in [0.25, 0.3) is 11.3 Å². The van der Waals surface area contributed by atoms with E-state index in [0.29, 0.717) is 5.13 Å². The maximum Gasteiger partial charge on any atom is 0.325 e. The molecule has 134 valence electrons. The molecule has 1 aliphatic heterocycles. The predicted octanol–water partition coefficient (Wildman–Crippen LogP) is 2.47. The fraction of sp³-hybridized carbons (Fsp3) is 0.333. The number of hydrogen-bond acceptors (Lipinski definition) is 5. The van der Waals surface area contributed by atoms with Gasteiger partial charge in [-0.15, -0.1) is 11.3 Å². The summed E-state index contributed by atoms with van der Waals surface area (Å²) in [5.74, 6) is -0.605. The first-order valence-electron chi connectivity index (χ1n) is 8.42. The third-order valence-electron chi connectivity index (χ3n) is 4.82. The molecule has 8 heteroatoms. The minimum atomic E-state index is -0.876. The number of aromatic nitrogens is 1. The van der Waals surface area contributed by atoms with Crippen LogP contribution in [-0.4, -0.2) is 39.8 Å². The van der Waals surface area contributed by atoms with Crippen LogP contribution in [-0.2, 0) is 9.59 Å². The first-order valence-corrected chi connectivity index (χ1v) is 9.30. The molecule has 4 rings (SSSR count). The summed E-state index contributed by atoms with van der Waals surface area (Å²) in [5.41, 5.74) is 0.847. The topological polar surface area (TPSA) is 91.4 Å². The lowest BCUT2D eigenvalue weighted by molar-refractivity contribution is -0.134. The molecule has 0 spiro atoms. The summed E-state index contributed by atoms with van der Waals surface area (Å²) in [6, 6.07) is 9.12. The van der Waals surface area contributed by atoms with Gasteiger partial charge in [-0.1, -0.05) is 30.3 Å². The van der Waals surface area contributed by atoms with E-state index < -0.39 is 17.5 Å². The van der Waals surface area contributed by atoms with Crippen molar-refractivity contribution in [1.82, 2.24) is 15.2 Å². The number of amides is 4. The van der Waals surface area contributed by atoms with E-state index in [4.69, 9.17) is 0 Å². The number of imide groups is 1. The Morgan fingerprint density at radius 2 is 2.08 bits per heavy atom. The Bertz CT molecular complexity index is 878. The third-order valence-corrected chi connectivity index (χ3v) is 5.57. The van der Waals surface area contributed by atoms with Crippen molar-refractivity contribution >= 4 is 34.3 Å². The Morgan fingerprint density at radius 3 is 2.77 bits per heavy atom. The normalized spacial score (nSPS) is 22.4. The van der Waals surface area contributed by atoms with Gasteiger partial charge in [0.15, 0.2) is 5.13 Å². The van der Waals surface area contributed by atoms with Crippen LogP contribution in [0.2, 0.25) is 0 Å². The molecule has 2 fully saturated rings. The largest absolute Gasteiger partial charge is 0.325 e. The molecule has 2 N–H and O–H groups in total. The summed E-state index contributed by atoms with van der Waals surface area (Å²) in [6.45, 7) is 1.42. The third kappa shape index (κ3) is 2.96. The summed E-state index contributed by atoms with van der Waals surface area (Å²) in [5, 5.41) is 7.68. The Hall–Kier alpha value is -2.74. The zero-order chi connectivity index (χ0) is 18.3. The first-order chi connectivity index (χ1) is 12.5. The van der Waals surface area contributed by atoms with Crippen molar-refractivity contribution in [1.29, 1.82) is 0 Å². The highest BCUT2D eigenvalue weighted by molar-refractivity contribution is 7.14. The van der Waals surface area contributed by atoms with E-state index in [0.717, 1.165) is 29.0 Å². The minimum Gasteiger partial charge on any atom is -0.323 e. The van der Waals surface area contributed by atoms with Crippen LogP contribution in [0.1, 0.15) is 19.8 Å². The SMILES string of the molecule is C[C@]1(C2CC2)NC(=O)N(CC(=O)Nc2nc(-c3ccccc3)cs2)C1=O. The van der Waals surface area contributed by atoms with Gasteiger partial charge >= 0.3 is 6.03 Å². The van der Waals surface area contributed by atoms with Gasteiger partial charge in [-0.25, -0.2) is 9.78 Å². The highest BCUT2D eigenvalue weighted by Gasteiger charge is 2.56. The van der Waals surface area contributed by atoms with Crippen LogP contribution in [0.15, 0.2) is 35.7 Å². The van der Waals surface area contributed by atoms with Crippen molar-refractivity contribution in [2.45, 2.75) is 25.3 Å². The van der Waals surface area contributed by atoms with E-state index >= 15 is 0 Å². The van der Waals surface area contributed by atoms with Gasteiger partial charge in [0.25, 0.3) is 5.91 Å². The van der Waals surface area contributed by atoms with E-state index in [1.54, 1.807) is 6.92 Å². The molecular weight excluding hydrogens is 352 g/mol. The average Bonchev–Trinajstić information content (AvgIpc) is 3.35. The van der Waals surface area contributed by atoms with Crippen molar-refractivity contribution in [3.8, 4) is 11.3 Å². The molecule has 1 atom stereocenters. The standard InChI is InChI=1S/C18H18N4O3S/c1-18(12-7-8-12)15(24)22(17(25)21-18)9-14(23)20-16-19-13(10-26-16)11-5-3-2-4-6-11/h2-6,10,12H,7-9H2,1H3,(H,21,25)(H,19,20,23)/t18-/m1/s1. The second-order valence-corrected chi connectivity index (χ2v) is 7.61. The van der Waals surface area contributed by atoms with Crippen LogP contribution in [0.3, 0.4) is 0 Å². The quantitative estimate of drug-likeness (QED) is 0.791. The number of hydrogen-bond donors (Lipinski definition) is 2. The van der Waals surface area contributed by atoms with Crippen LogP contribution in [0.5, 0.6) is 0 Å². The zero-order valence-corrected chi connectivity index (χ0v) is 15.0. The summed E-state index contributed by atoms with van der Waals surface area (Å²) in [7, 11) is 0. The van der Waals surface area contributed by atoms with E-state index in [-0.39, 0.29) is 18.4 Å². The monoisotopic (exact) mass is 370 g/mol. The highest BCUT2D eigenvalue weighted by Crippen LogP contribution is 2.42. The lowest BCUT2D eigenvalue weighted by atomic mass is 9.96. The van der Waals surface area contributed by atoms with Crippen molar-refractivity contribution in [3.63, 3.8) is 0 Å². The van der Waals surface area contributed by atoms with Crippen molar-refractivity contribution in [3.05, 3.63) is 35.7 Å². The minimum absolute atomic E-state index is 0.166. The molecule has 2 aliphatic rings. The molecular formula is C18H18N4O3S. The van der Waals surface area contributed by atoms with Gasteiger partial charge in [0, 0.05) is 10.9 Å². The average molecular weight is 370 g/mol. The number of anilines is 1. The fourth-order valence-electron chi connectivity index (χ4n) is 3.17. The number of nitrogens with zero attached hydrogens (tertiary/aromatic N) is 2. The number of nitrogens with one attached hydrogen (secondary N) is 2. The molecule has 1 aliphatic carbocycles. The van der Waals surface area contributed by atoms with E-state index in [2.05, 4.69) is 15.6 Å². The molecule has 4 amide bonds. The van der Waals surface area contributed by atoms with Crippen LogP contribution in [0, 0.1) is 5.92 Å². The van der Waals surface area contributed by atoms with Gasteiger partial charge in [0.1, 0.15) is 12.1 Å². The molecule has 2 aromatic rings. The fourth-order valence-corrected chi connectivity index (χ4v) is 3.91. The summed E-state index contributed by atoms with van der Waals surface area (Å²) >= 11 is 1.30. The summed E-state index contributed by atoms with van der Waals surface area (Å²) < 4.78 is 0. The zero-order valence-electron chi connectivity index (χ0n) is 14.2. The number of carbonyl (C=O) groups is 3. The Labute approximate surface area is 154 Å². The van der Waals surface area contributed by atoms with Crippen LogP contribution >= 0.6 is 11.3 Å². The van der Waals surface area contributed by atoms with Crippen molar-refractivity contribution in [2.75, 3.05) is 11.9 Å². The number of rotatable bonds is 5. The van der Waals surface area contributed by atoms with E-state index in [1.165, 1.54) is 11.3 Å². The molecule has 0 bridgehead atoms. The number of thiazole rings is 1. The number of urea groups is 1. The lowest BCUT2D eigenvalue weighted by Crippen LogP contribution is -2.46. The second-order valence-electron chi connectivity index (χ2n) is 6.75. The smallest absolute Gasteiger partial charge is 0.323 e. The molecule has 1 aromatic heterocycles. The maximum atomic E-state index is 12.5. The number of carbonyl (C=O) groups excluding carboxylic acids is 3. The summed E-state index contributed by atoms with van der Waals surface area (Å²) in [4.78, 5) is 42.3. The van der Waals surface area contributed by atoms with Gasteiger partial charge in [-0.2, -0.15) is 0 Å². The molecule has 1 saturated carbocycles. The van der Waals surface area contributed by atoms with Crippen molar-refractivity contribution < 1.29 is 14.4 Å². The second kappa shape index (κ2) is 6.21. The number of benzene rings is 1. The van der Waals surface area contributed by atoms with Crippen molar-refractivity contribution in [2.24, 2.45) is 5.92 Å². The van der Waals surface area contributed by atoms with E-state index in [9.17, 15) is 14.4 Å². The Balaban J connectivity index is 1.41. The maximum absolute atomic E-state index is 12.5. The van der Waals surface area contributed by atoms with Gasteiger partial charge < -0.3 is 10.6 Å².